The highest BCUT2D eigenvalue weighted by atomic mass is 35.5. The molecule has 0 radical (unpaired) electrons. The summed E-state index contributed by atoms with van der Waals surface area (Å²) in [5.41, 5.74) is 0.832. The van der Waals surface area contributed by atoms with Crippen molar-refractivity contribution in [3.8, 4) is 0 Å². The predicted octanol–water partition coefficient (Wildman–Crippen LogP) is 3.09. The zero-order chi connectivity index (χ0) is 19.6. The van der Waals surface area contributed by atoms with Gasteiger partial charge in [-0.05, 0) is 32.4 Å². The fourth-order valence-corrected chi connectivity index (χ4v) is 4.88. The van der Waals surface area contributed by atoms with E-state index in [-0.39, 0.29) is 11.2 Å². The summed E-state index contributed by atoms with van der Waals surface area (Å²) in [6, 6.07) is 7.83. The summed E-state index contributed by atoms with van der Waals surface area (Å²) in [6.07, 6.45) is 0. The third kappa shape index (κ3) is 4.52. The Morgan fingerprint density at radius 1 is 1.35 bits per heavy atom. The fourth-order valence-electron chi connectivity index (χ4n) is 3.12. The van der Waals surface area contributed by atoms with Gasteiger partial charge in [0.1, 0.15) is 0 Å². The minimum atomic E-state index is -3.08. The van der Waals surface area contributed by atoms with E-state index in [1.807, 2.05) is 36.1 Å². The minimum Gasteiger partial charge on any atom is -0.357 e. The van der Waals surface area contributed by atoms with Crippen molar-refractivity contribution < 1.29 is 8.42 Å². The summed E-state index contributed by atoms with van der Waals surface area (Å²) in [5, 5.41) is 4.04. The lowest BCUT2D eigenvalue weighted by Crippen LogP contribution is -2.57. The maximum absolute atomic E-state index is 12.3. The molecule has 1 aromatic carbocycles. The highest BCUT2D eigenvalue weighted by Crippen LogP contribution is 2.30. The number of hydrogen-bond acceptors (Lipinski definition) is 3. The molecule has 5 nitrogen and oxygen atoms in total. The van der Waals surface area contributed by atoms with E-state index in [9.17, 15) is 8.42 Å². The summed E-state index contributed by atoms with van der Waals surface area (Å²) in [6.45, 7) is 12.0. The van der Waals surface area contributed by atoms with Crippen molar-refractivity contribution in [3.05, 3.63) is 34.9 Å². The first-order valence-corrected chi connectivity index (χ1v) is 11.0. The summed E-state index contributed by atoms with van der Waals surface area (Å²) in [5.74, 6) is 0.911. The van der Waals surface area contributed by atoms with Gasteiger partial charge in [0.05, 0.1) is 17.0 Å². The number of nitrogens with one attached hydrogen (secondary N) is 1. The van der Waals surface area contributed by atoms with Gasteiger partial charge in [0.15, 0.2) is 15.8 Å². The van der Waals surface area contributed by atoms with Crippen LogP contribution < -0.4 is 5.32 Å². The fraction of sp³-hybridized carbons (Fsp3) is 0.632. The van der Waals surface area contributed by atoms with Crippen LogP contribution in [0, 0.1) is 0 Å². The Morgan fingerprint density at radius 2 is 2.00 bits per heavy atom. The van der Waals surface area contributed by atoms with Crippen molar-refractivity contribution >= 4 is 27.4 Å². The second-order valence-corrected chi connectivity index (χ2v) is 11.2. The van der Waals surface area contributed by atoms with E-state index in [1.165, 1.54) is 0 Å². The van der Waals surface area contributed by atoms with Gasteiger partial charge in [-0.25, -0.2) is 8.42 Å². The molecule has 0 saturated carbocycles. The van der Waals surface area contributed by atoms with Gasteiger partial charge < -0.3 is 10.2 Å². The maximum Gasteiger partial charge on any atom is 0.194 e. The lowest BCUT2D eigenvalue weighted by atomic mass is 9.85. The van der Waals surface area contributed by atoms with E-state index in [4.69, 9.17) is 16.6 Å². The van der Waals surface area contributed by atoms with Crippen LogP contribution in [0.25, 0.3) is 0 Å². The quantitative estimate of drug-likeness (QED) is 0.624. The number of benzene rings is 1. The number of sulfone groups is 1. The Balaban J connectivity index is 2.23. The molecular formula is C19H30ClN3O2S. The van der Waals surface area contributed by atoms with Gasteiger partial charge in [-0.2, -0.15) is 0 Å². The highest BCUT2D eigenvalue weighted by molar-refractivity contribution is 7.92. The van der Waals surface area contributed by atoms with Gasteiger partial charge in [0, 0.05) is 30.1 Å². The number of halogens is 1. The molecule has 0 amide bonds. The molecule has 0 unspecified atom stereocenters. The van der Waals surface area contributed by atoms with Gasteiger partial charge in [0.2, 0.25) is 0 Å². The van der Waals surface area contributed by atoms with Crippen LogP contribution in [0.5, 0.6) is 0 Å². The van der Waals surface area contributed by atoms with E-state index >= 15 is 0 Å². The zero-order valence-corrected chi connectivity index (χ0v) is 17.9. The molecule has 0 bridgehead atoms. The Labute approximate surface area is 162 Å². The van der Waals surface area contributed by atoms with Crippen molar-refractivity contribution in [2.75, 3.05) is 31.9 Å². The number of guanidine groups is 1. The van der Waals surface area contributed by atoms with E-state index in [2.05, 4.69) is 19.2 Å². The molecule has 0 atom stereocenters. The Bertz CT molecular complexity index is 773. The van der Waals surface area contributed by atoms with Gasteiger partial charge in [-0.3, -0.25) is 4.99 Å². The second kappa shape index (κ2) is 7.77. The Hall–Kier alpha value is -1.27. The molecular weight excluding hydrogens is 370 g/mol. The van der Waals surface area contributed by atoms with Crippen LogP contribution in [0.4, 0.5) is 0 Å². The largest absolute Gasteiger partial charge is 0.357 e. The van der Waals surface area contributed by atoms with Crippen molar-refractivity contribution in [2.24, 2.45) is 4.99 Å². The molecule has 7 heteroatoms. The molecule has 1 aliphatic heterocycles. The Kier molecular flexibility index (Phi) is 6.28. The van der Waals surface area contributed by atoms with Gasteiger partial charge >= 0.3 is 0 Å². The summed E-state index contributed by atoms with van der Waals surface area (Å²) >= 11 is 6.36. The first kappa shape index (κ1) is 21.0. The molecule has 1 heterocycles. The van der Waals surface area contributed by atoms with Crippen LogP contribution in [0.2, 0.25) is 5.02 Å². The van der Waals surface area contributed by atoms with Crippen LogP contribution >= 0.6 is 11.6 Å². The minimum absolute atomic E-state index is 0.151. The summed E-state index contributed by atoms with van der Waals surface area (Å²) in [7, 11) is -3.08. The average Bonchev–Trinajstić information content (AvgIpc) is 2.54. The van der Waals surface area contributed by atoms with Crippen LogP contribution in [0.3, 0.4) is 0 Å². The summed E-state index contributed by atoms with van der Waals surface area (Å²) in [4.78, 5) is 6.87. The first-order chi connectivity index (χ1) is 12.0. The van der Waals surface area contributed by atoms with Crippen LogP contribution in [-0.4, -0.2) is 56.0 Å². The molecule has 1 N–H and O–H groups in total. The lowest BCUT2D eigenvalue weighted by Gasteiger charge is -2.39. The molecule has 26 heavy (non-hydrogen) atoms. The zero-order valence-electron chi connectivity index (χ0n) is 16.3. The number of rotatable bonds is 4. The van der Waals surface area contributed by atoms with Crippen molar-refractivity contribution in [3.63, 3.8) is 0 Å². The molecule has 2 rings (SSSR count). The molecule has 1 saturated heterocycles. The second-order valence-electron chi connectivity index (χ2n) is 8.03. The highest BCUT2D eigenvalue weighted by Gasteiger charge is 2.41. The van der Waals surface area contributed by atoms with Crippen LogP contribution in [-0.2, 0) is 15.3 Å². The monoisotopic (exact) mass is 399 g/mol. The smallest absolute Gasteiger partial charge is 0.194 e. The maximum atomic E-state index is 12.3. The van der Waals surface area contributed by atoms with E-state index < -0.39 is 14.6 Å². The predicted molar refractivity (Wildman–Crippen MR) is 110 cm³/mol. The lowest BCUT2D eigenvalue weighted by molar-refractivity contribution is 0.352. The van der Waals surface area contributed by atoms with E-state index in [1.54, 1.807) is 13.8 Å². The Morgan fingerprint density at radius 3 is 2.58 bits per heavy atom. The first-order valence-electron chi connectivity index (χ1n) is 9.01. The summed E-state index contributed by atoms with van der Waals surface area (Å²) < 4.78 is 23.8. The average molecular weight is 400 g/mol. The van der Waals surface area contributed by atoms with Gasteiger partial charge in [-0.15, -0.1) is 0 Å². The molecule has 0 aliphatic carbocycles. The molecule has 1 aliphatic rings. The number of aliphatic imine (C=N–C) groups is 1. The topological polar surface area (TPSA) is 61.8 Å². The standard InChI is InChI=1S/C19H30ClN3O2S/c1-6-21-17(23-11-12-26(24,25)19(4,5)14-23)22-13-18(2,3)15-9-7-8-10-16(15)20/h7-10H,6,11-14H2,1-5H3,(H,21,22). The van der Waals surface area contributed by atoms with Crippen molar-refractivity contribution in [2.45, 2.75) is 44.8 Å². The normalized spacial score (nSPS) is 20.1. The van der Waals surface area contributed by atoms with Crippen molar-refractivity contribution in [1.29, 1.82) is 0 Å². The van der Waals surface area contributed by atoms with Gasteiger partial charge in [0.25, 0.3) is 0 Å². The van der Waals surface area contributed by atoms with Crippen LogP contribution in [0.15, 0.2) is 29.3 Å². The van der Waals surface area contributed by atoms with Gasteiger partial charge in [-0.1, -0.05) is 43.6 Å². The van der Waals surface area contributed by atoms with Crippen LogP contribution in [0.1, 0.15) is 40.2 Å². The molecule has 0 aromatic heterocycles. The number of hydrogen-bond donors (Lipinski definition) is 1. The van der Waals surface area contributed by atoms with Crippen molar-refractivity contribution in [1.82, 2.24) is 10.2 Å². The molecule has 1 aromatic rings. The molecule has 1 fully saturated rings. The molecule has 0 spiro atoms. The SMILES string of the molecule is CCNC(=NCC(C)(C)c1ccccc1Cl)N1CCS(=O)(=O)C(C)(C)C1. The third-order valence-electron chi connectivity index (χ3n) is 4.91. The number of nitrogens with zero attached hydrogens (tertiary/aromatic N) is 2. The van der Waals surface area contributed by atoms with E-state index in [0.29, 0.717) is 19.6 Å². The molecule has 146 valence electrons. The van der Waals surface area contributed by atoms with E-state index in [0.717, 1.165) is 23.1 Å². The third-order valence-corrected chi connectivity index (χ3v) is 7.77.